The van der Waals surface area contributed by atoms with Gasteiger partial charge in [0.2, 0.25) is 5.91 Å². The number of hydrogen-bond donors (Lipinski definition) is 1. The van der Waals surface area contributed by atoms with Gasteiger partial charge in [0.1, 0.15) is 18.2 Å². The highest BCUT2D eigenvalue weighted by molar-refractivity contribution is 5.94. The predicted molar refractivity (Wildman–Crippen MR) is 121 cm³/mol. The predicted octanol–water partition coefficient (Wildman–Crippen LogP) is 5.26. The molecule has 6 nitrogen and oxygen atoms in total. The summed E-state index contributed by atoms with van der Waals surface area (Å²) in [4.78, 5) is 29.2. The average Bonchev–Trinajstić information content (AvgIpc) is 2.80. The molecular formula is C25H27FN2O4. The number of amides is 1. The minimum atomic E-state index is -0.839. The lowest BCUT2D eigenvalue weighted by molar-refractivity contribution is -0.155. The molecule has 0 saturated heterocycles. The summed E-state index contributed by atoms with van der Waals surface area (Å²) in [5.41, 5.74) is 0.945. The van der Waals surface area contributed by atoms with Crippen LogP contribution in [0.25, 0.3) is 10.9 Å². The SMILES string of the molecule is CCC(CC)(CC(=O)Nc1cccc(OCc2ccc3ccc(F)cc3n2)c1)C(=O)OC. The summed E-state index contributed by atoms with van der Waals surface area (Å²) in [6, 6.07) is 15.1. The Kier molecular flexibility index (Phi) is 7.41. The molecule has 168 valence electrons. The summed E-state index contributed by atoms with van der Waals surface area (Å²) in [6.07, 6.45) is 1.06. The van der Waals surface area contributed by atoms with Gasteiger partial charge in [0, 0.05) is 29.6 Å². The lowest BCUT2D eigenvalue weighted by atomic mass is 9.79. The zero-order valence-corrected chi connectivity index (χ0v) is 18.5. The van der Waals surface area contributed by atoms with Crippen molar-refractivity contribution in [2.45, 2.75) is 39.7 Å². The molecular weight excluding hydrogens is 411 g/mol. The van der Waals surface area contributed by atoms with Crippen LogP contribution in [0.15, 0.2) is 54.6 Å². The van der Waals surface area contributed by atoms with Crippen LogP contribution in [0.4, 0.5) is 10.1 Å². The Hall–Kier alpha value is -3.48. The van der Waals surface area contributed by atoms with Crippen LogP contribution in [0.3, 0.4) is 0 Å². The van der Waals surface area contributed by atoms with Crippen molar-refractivity contribution in [3.63, 3.8) is 0 Å². The summed E-state index contributed by atoms with van der Waals surface area (Å²) >= 11 is 0. The molecule has 0 aliphatic rings. The lowest BCUT2D eigenvalue weighted by Crippen LogP contribution is -2.35. The van der Waals surface area contributed by atoms with Gasteiger partial charge in [-0.15, -0.1) is 0 Å². The maximum absolute atomic E-state index is 13.4. The molecule has 2 aromatic carbocycles. The highest BCUT2D eigenvalue weighted by Gasteiger charge is 2.38. The highest BCUT2D eigenvalue weighted by atomic mass is 19.1. The molecule has 0 unspecified atom stereocenters. The number of aromatic nitrogens is 1. The van der Waals surface area contributed by atoms with Crippen molar-refractivity contribution in [2.75, 3.05) is 12.4 Å². The van der Waals surface area contributed by atoms with Gasteiger partial charge in [-0.2, -0.15) is 0 Å². The average molecular weight is 438 g/mol. The first-order valence-electron chi connectivity index (χ1n) is 10.6. The molecule has 0 fully saturated rings. The molecule has 0 bridgehead atoms. The van der Waals surface area contributed by atoms with E-state index >= 15 is 0 Å². The van der Waals surface area contributed by atoms with Gasteiger partial charge in [0.05, 0.1) is 23.7 Å². The normalized spacial score (nSPS) is 11.2. The van der Waals surface area contributed by atoms with Crippen molar-refractivity contribution in [1.29, 1.82) is 0 Å². The number of hydrogen-bond acceptors (Lipinski definition) is 5. The number of rotatable bonds is 9. The number of methoxy groups -OCH3 is 1. The number of nitrogens with zero attached hydrogens (tertiary/aromatic N) is 1. The Morgan fingerprint density at radius 2 is 1.81 bits per heavy atom. The number of carbonyl (C=O) groups is 2. The monoisotopic (exact) mass is 438 g/mol. The number of benzene rings is 2. The number of fused-ring (bicyclic) bond motifs is 1. The van der Waals surface area contributed by atoms with Crippen LogP contribution in [-0.2, 0) is 20.9 Å². The van der Waals surface area contributed by atoms with E-state index < -0.39 is 5.41 Å². The number of esters is 1. The van der Waals surface area contributed by atoms with E-state index in [9.17, 15) is 14.0 Å². The van der Waals surface area contributed by atoms with Crippen LogP contribution in [0.2, 0.25) is 0 Å². The van der Waals surface area contributed by atoms with Crippen LogP contribution < -0.4 is 10.1 Å². The van der Waals surface area contributed by atoms with Crippen LogP contribution in [0.1, 0.15) is 38.8 Å². The van der Waals surface area contributed by atoms with Gasteiger partial charge in [0.15, 0.2) is 0 Å². The van der Waals surface area contributed by atoms with Crippen molar-refractivity contribution >= 4 is 28.5 Å². The van der Waals surface area contributed by atoms with Crippen LogP contribution in [0, 0.1) is 11.2 Å². The van der Waals surface area contributed by atoms with Crippen LogP contribution >= 0.6 is 0 Å². The third-order valence-electron chi connectivity index (χ3n) is 5.69. The number of ether oxygens (including phenoxy) is 2. The fourth-order valence-electron chi connectivity index (χ4n) is 3.62. The minimum Gasteiger partial charge on any atom is -0.487 e. The molecule has 3 rings (SSSR count). The first kappa shape index (κ1) is 23.2. The van der Waals surface area contributed by atoms with Gasteiger partial charge >= 0.3 is 5.97 Å². The zero-order chi connectivity index (χ0) is 23.1. The van der Waals surface area contributed by atoms with E-state index in [4.69, 9.17) is 9.47 Å². The molecule has 1 aromatic heterocycles. The van der Waals surface area contributed by atoms with Crippen molar-refractivity contribution < 1.29 is 23.5 Å². The Morgan fingerprint density at radius 3 is 2.53 bits per heavy atom. The summed E-state index contributed by atoms with van der Waals surface area (Å²) < 4.78 is 24.2. The van der Waals surface area contributed by atoms with Gasteiger partial charge in [-0.25, -0.2) is 9.37 Å². The van der Waals surface area contributed by atoms with E-state index in [1.807, 2.05) is 26.0 Å². The van der Waals surface area contributed by atoms with Crippen LogP contribution in [0.5, 0.6) is 5.75 Å². The lowest BCUT2D eigenvalue weighted by Gasteiger charge is -2.27. The smallest absolute Gasteiger partial charge is 0.312 e. The van der Waals surface area contributed by atoms with Crippen LogP contribution in [-0.4, -0.2) is 24.0 Å². The molecule has 1 heterocycles. The van der Waals surface area contributed by atoms with E-state index in [1.54, 1.807) is 30.3 Å². The fourth-order valence-corrected chi connectivity index (χ4v) is 3.62. The van der Waals surface area contributed by atoms with Gasteiger partial charge in [0.25, 0.3) is 0 Å². The largest absolute Gasteiger partial charge is 0.487 e. The summed E-state index contributed by atoms with van der Waals surface area (Å²) in [5, 5.41) is 3.68. The molecule has 0 aliphatic heterocycles. The number of nitrogens with one attached hydrogen (secondary N) is 1. The summed E-state index contributed by atoms with van der Waals surface area (Å²) in [7, 11) is 1.34. The van der Waals surface area contributed by atoms with Crippen molar-refractivity contribution in [1.82, 2.24) is 4.98 Å². The Labute approximate surface area is 186 Å². The molecule has 7 heteroatoms. The van der Waals surface area contributed by atoms with Crippen molar-refractivity contribution in [3.8, 4) is 5.75 Å². The van der Waals surface area contributed by atoms with Gasteiger partial charge in [-0.1, -0.05) is 26.0 Å². The van der Waals surface area contributed by atoms with Gasteiger partial charge < -0.3 is 14.8 Å². The molecule has 0 aliphatic carbocycles. The Morgan fingerprint density at radius 1 is 1.06 bits per heavy atom. The third kappa shape index (κ3) is 5.41. The van der Waals surface area contributed by atoms with Gasteiger partial charge in [-0.05, 0) is 43.2 Å². The molecule has 0 saturated carbocycles. The molecule has 0 radical (unpaired) electrons. The minimum absolute atomic E-state index is 0.0370. The number of carbonyl (C=O) groups excluding carboxylic acids is 2. The second-order valence-electron chi connectivity index (χ2n) is 7.66. The number of halogens is 1. The highest BCUT2D eigenvalue weighted by Crippen LogP contribution is 2.32. The number of pyridine rings is 1. The maximum Gasteiger partial charge on any atom is 0.312 e. The third-order valence-corrected chi connectivity index (χ3v) is 5.69. The quantitative estimate of drug-likeness (QED) is 0.461. The molecule has 32 heavy (non-hydrogen) atoms. The summed E-state index contributed by atoms with van der Waals surface area (Å²) in [6.45, 7) is 3.94. The second kappa shape index (κ2) is 10.2. The first-order chi connectivity index (χ1) is 15.4. The maximum atomic E-state index is 13.4. The Bertz CT molecular complexity index is 1110. The molecule has 3 aromatic rings. The molecule has 0 spiro atoms. The van der Waals surface area contributed by atoms with E-state index in [0.29, 0.717) is 35.5 Å². The Balaban J connectivity index is 1.65. The standard InChI is InChI=1S/C25H27FN2O4/c1-4-25(5-2,24(30)31-3)15-23(29)28-19-7-6-8-21(14-19)32-16-20-12-10-17-9-11-18(26)13-22(17)27-20/h6-14H,4-5,15-16H2,1-3H3,(H,28,29). The van der Waals surface area contributed by atoms with Crippen molar-refractivity contribution in [2.24, 2.45) is 5.41 Å². The van der Waals surface area contributed by atoms with E-state index in [0.717, 1.165) is 5.39 Å². The molecule has 1 N–H and O–H groups in total. The topological polar surface area (TPSA) is 77.5 Å². The molecule has 1 amide bonds. The van der Waals surface area contributed by atoms with Crippen molar-refractivity contribution in [3.05, 3.63) is 66.1 Å². The summed E-state index contributed by atoms with van der Waals surface area (Å²) in [5.74, 6) is -0.435. The molecule has 0 atom stereocenters. The second-order valence-corrected chi connectivity index (χ2v) is 7.66. The van der Waals surface area contributed by atoms with E-state index in [-0.39, 0.29) is 30.7 Å². The van der Waals surface area contributed by atoms with E-state index in [1.165, 1.54) is 19.2 Å². The zero-order valence-electron chi connectivity index (χ0n) is 18.5. The number of anilines is 1. The van der Waals surface area contributed by atoms with Gasteiger partial charge in [-0.3, -0.25) is 9.59 Å². The van der Waals surface area contributed by atoms with E-state index in [2.05, 4.69) is 10.3 Å². The first-order valence-corrected chi connectivity index (χ1v) is 10.6. The fraction of sp³-hybridized carbons (Fsp3) is 0.320.